The van der Waals surface area contributed by atoms with Gasteiger partial charge in [0.25, 0.3) is 0 Å². The molecule has 0 heterocycles. The number of benzene rings is 1. The van der Waals surface area contributed by atoms with Gasteiger partial charge in [-0.05, 0) is 31.2 Å². The van der Waals surface area contributed by atoms with E-state index < -0.39 is 0 Å². The molecule has 0 unspecified atom stereocenters. The number of hydrogen-bond acceptors (Lipinski definition) is 1. The Balaban J connectivity index is 1.93. The number of allylic oxidation sites excluding steroid dienone is 4. The highest BCUT2D eigenvalue weighted by molar-refractivity contribution is 5.13. The van der Waals surface area contributed by atoms with Crippen LogP contribution in [0.1, 0.15) is 31.2 Å². The molecule has 0 aromatic heterocycles. The number of hydrogen-bond donors (Lipinski definition) is 0. The lowest BCUT2D eigenvalue weighted by molar-refractivity contribution is 0.148. The van der Waals surface area contributed by atoms with Crippen LogP contribution in [-0.2, 0) is 11.3 Å². The minimum absolute atomic E-state index is 0.692. The zero-order valence-electron chi connectivity index (χ0n) is 11.6. The Kier molecular flexibility index (Phi) is 9.35. The molecule has 0 saturated heterocycles. The van der Waals surface area contributed by atoms with E-state index in [1.165, 1.54) is 18.4 Å². The topological polar surface area (TPSA) is 9.23 Å². The van der Waals surface area contributed by atoms with Crippen molar-refractivity contribution in [2.24, 2.45) is 0 Å². The van der Waals surface area contributed by atoms with E-state index in [4.69, 9.17) is 4.74 Å². The molecule has 0 aliphatic carbocycles. The van der Waals surface area contributed by atoms with E-state index in [1.54, 1.807) is 0 Å². The highest BCUT2D eigenvalue weighted by Crippen LogP contribution is 2.03. The van der Waals surface area contributed by atoms with E-state index in [9.17, 15) is 0 Å². The molecule has 0 fully saturated rings. The summed E-state index contributed by atoms with van der Waals surface area (Å²) >= 11 is 0. The van der Waals surface area contributed by atoms with E-state index in [0.29, 0.717) is 13.2 Å². The summed E-state index contributed by atoms with van der Waals surface area (Å²) in [5, 5.41) is 0. The first-order valence-corrected chi connectivity index (χ1v) is 6.97. The van der Waals surface area contributed by atoms with Gasteiger partial charge in [-0.2, -0.15) is 0 Å². The first kappa shape index (κ1) is 15.5. The summed E-state index contributed by atoms with van der Waals surface area (Å²) in [6.07, 6.45) is 15.1. The fourth-order valence-corrected chi connectivity index (χ4v) is 1.72. The Hall–Kier alpha value is -1.60. The molecule has 0 saturated carbocycles. The summed E-state index contributed by atoms with van der Waals surface area (Å²) in [5.74, 6) is 0. The fraction of sp³-hybridized carbons (Fsp3) is 0.333. The van der Waals surface area contributed by atoms with Crippen LogP contribution in [-0.4, -0.2) is 6.61 Å². The molecule has 0 atom stereocenters. The first-order chi connectivity index (χ1) is 9.43. The molecule has 0 aliphatic rings. The molecular weight excluding hydrogens is 232 g/mol. The summed E-state index contributed by atoms with van der Waals surface area (Å²) in [5.41, 5.74) is 1.23. The Bertz CT molecular complexity index is 376. The van der Waals surface area contributed by atoms with Crippen LogP contribution < -0.4 is 0 Å². The predicted octanol–water partition coefficient (Wildman–Crippen LogP) is 5.06. The largest absolute Gasteiger partial charge is 0.373 e. The van der Waals surface area contributed by atoms with Gasteiger partial charge in [0.15, 0.2) is 0 Å². The van der Waals surface area contributed by atoms with Crippen molar-refractivity contribution in [2.45, 2.75) is 32.3 Å². The number of rotatable bonds is 10. The van der Waals surface area contributed by atoms with Gasteiger partial charge >= 0.3 is 0 Å². The molecule has 0 N–H and O–H groups in total. The van der Waals surface area contributed by atoms with Crippen LogP contribution in [0.2, 0.25) is 0 Å². The number of ether oxygens (including phenoxy) is 1. The maximum Gasteiger partial charge on any atom is 0.0721 e. The van der Waals surface area contributed by atoms with Crippen LogP contribution in [0.5, 0.6) is 0 Å². The Morgan fingerprint density at radius 3 is 2.42 bits per heavy atom. The molecule has 0 spiro atoms. The van der Waals surface area contributed by atoms with Gasteiger partial charge in [-0.3, -0.25) is 0 Å². The van der Waals surface area contributed by atoms with Gasteiger partial charge < -0.3 is 4.74 Å². The maximum atomic E-state index is 5.57. The van der Waals surface area contributed by atoms with Crippen molar-refractivity contribution < 1.29 is 4.74 Å². The molecule has 0 amide bonds. The van der Waals surface area contributed by atoms with Crippen molar-refractivity contribution in [2.75, 3.05) is 6.61 Å². The standard InChI is InChI=1S/C18H24O/c1-2-3-4-5-6-7-8-9-13-16-19-17-18-14-11-10-12-15-18/h2-4,9-15H,1,5-8,16-17H2/b4-3+,13-9-. The van der Waals surface area contributed by atoms with Crippen LogP contribution in [0.25, 0.3) is 0 Å². The third-order valence-electron chi connectivity index (χ3n) is 2.76. The Labute approximate surface area is 117 Å². The van der Waals surface area contributed by atoms with E-state index >= 15 is 0 Å². The normalized spacial score (nSPS) is 11.4. The molecule has 1 rings (SSSR count). The molecule has 1 aromatic rings. The lowest BCUT2D eigenvalue weighted by Crippen LogP contribution is -1.92. The third kappa shape index (κ3) is 9.04. The van der Waals surface area contributed by atoms with E-state index in [2.05, 4.69) is 36.9 Å². The van der Waals surface area contributed by atoms with Crippen LogP contribution in [0.4, 0.5) is 0 Å². The summed E-state index contributed by atoms with van der Waals surface area (Å²) in [7, 11) is 0. The molecule has 19 heavy (non-hydrogen) atoms. The molecule has 1 aromatic carbocycles. The fourth-order valence-electron chi connectivity index (χ4n) is 1.72. The smallest absolute Gasteiger partial charge is 0.0721 e. The molecule has 0 aliphatic heterocycles. The van der Waals surface area contributed by atoms with Crippen molar-refractivity contribution in [3.05, 3.63) is 72.9 Å². The minimum atomic E-state index is 0.692. The van der Waals surface area contributed by atoms with Crippen molar-refractivity contribution in [1.82, 2.24) is 0 Å². The van der Waals surface area contributed by atoms with Gasteiger partial charge in [0, 0.05) is 0 Å². The maximum absolute atomic E-state index is 5.57. The van der Waals surface area contributed by atoms with Gasteiger partial charge in [-0.1, -0.05) is 67.3 Å². The second kappa shape index (κ2) is 11.5. The Morgan fingerprint density at radius 1 is 0.947 bits per heavy atom. The lowest BCUT2D eigenvalue weighted by atomic mass is 10.2. The van der Waals surface area contributed by atoms with Crippen molar-refractivity contribution >= 4 is 0 Å². The highest BCUT2D eigenvalue weighted by Gasteiger charge is 1.89. The third-order valence-corrected chi connectivity index (χ3v) is 2.76. The van der Waals surface area contributed by atoms with Crippen LogP contribution in [0, 0.1) is 0 Å². The second-order valence-electron chi connectivity index (χ2n) is 4.42. The average Bonchev–Trinajstić information content (AvgIpc) is 2.46. The van der Waals surface area contributed by atoms with E-state index in [-0.39, 0.29) is 0 Å². The second-order valence-corrected chi connectivity index (χ2v) is 4.42. The number of unbranched alkanes of at least 4 members (excludes halogenated alkanes) is 3. The minimum Gasteiger partial charge on any atom is -0.373 e. The van der Waals surface area contributed by atoms with Gasteiger partial charge in [-0.25, -0.2) is 0 Å². The van der Waals surface area contributed by atoms with Crippen LogP contribution in [0.15, 0.2) is 67.3 Å². The van der Waals surface area contributed by atoms with Gasteiger partial charge in [0.1, 0.15) is 0 Å². The highest BCUT2D eigenvalue weighted by atomic mass is 16.5. The summed E-state index contributed by atoms with van der Waals surface area (Å²) in [6, 6.07) is 10.3. The predicted molar refractivity (Wildman–Crippen MR) is 83.0 cm³/mol. The molecule has 102 valence electrons. The summed E-state index contributed by atoms with van der Waals surface area (Å²) < 4.78 is 5.57. The van der Waals surface area contributed by atoms with Crippen molar-refractivity contribution in [1.29, 1.82) is 0 Å². The summed E-state index contributed by atoms with van der Waals surface area (Å²) in [4.78, 5) is 0. The zero-order valence-corrected chi connectivity index (χ0v) is 11.6. The monoisotopic (exact) mass is 256 g/mol. The molecule has 0 radical (unpaired) electrons. The molecular formula is C18H24O. The molecule has 1 nitrogen and oxygen atoms in total. The molecule has 1 heteroatoms. The lowest BCUT2D eigenvalue weighted by Gasteiger charge is -2.00. The van der Waals surface area contributed by atoms with Crippen molar-refractivity contribution in [3.63, 3.8) is 0 Å². The quantitative estimate of drug-likeness (QED) is 0.323. The average molecular weight is 256 g/mol. The molecule has 0 bridgehead atoms. The first-order valence-electron chi connectivity index (χ1n) is 6.97. The van der Waals surface area contributed by atoms with Crippen molar-refractivity contribution in [3.8, 4) is 0 Å². The van der Waals surface area contributed by atoms with E-state index in [1.807, 2.05) is 30.4 Å². The SMILES string of the molecule is C=C/C=C/CCCC/C=C\COCc1ccccc1. The van der Waals surface area contributed by atoms with E-state index in [0.717, 1.165) is 12.8 Å². The van der Waals surface area contributed by atoms with Gasteiger partial charge in [-0.15, -0.1) is 0 Å². The summed E-state index contributed by atoms with van der Waals surface area (Å²) in [6.45, 7) is 5.04. The van der Waals surface area contributed by atoms with Crippen LogP contribution in [0.3, 0.4) is 0 Å². The van der Waals surface area contributed by atoms with Gasteiger partial charge in [0.2, 0.25) is 0 Å². The van der Waals surface area contributed by atoms with Gasteiger partial charge in [0.05, 0.1) is 13.2 Å². The Morgan fingerprint density at radius 2 is 1.68 bits per heavy atom. The zero-order chi connectivity index (χ0) is 13.6. The van der Waals surface area contributed by atoms with Crippen LogP contribution >= 0.6 is 0 Å².